The lowest BCUT2D eigenvalue weighted by atomic mass is 10.1. The lowest BCUT2D eigenvalue weighted by molar-refractivity contribution is 0.0472. The Labute approximate surface area is 181 Å². The molecule has 31 heavy (non-hydrogen) atoms. The van der Waals surface area contributed by atoms with E-state index in [2.05, 4.69) is 0 Å². The largest absolute Gasteiger partial charge is 0.496 e. The van der Waals surface area contributed by atoms with E-state index in [1.807, 2.05) is 0 Å². The Bertz CT molecular complexity index is 1150. The molecule has 0 aliphatic carbocycles. The number of esters is 1. The molecule has 7 nitrogen and oxygen atoms in total. The molecule has 8 heteroatoms. The number of carbonyl (C=O) groups is 4. The molecular weight excluding hydrogens is 418 g/mol. The molecule has 0 radical (unpaired) electrons. The van der Waals surface area contributed by atoms with Gasteiger partial charge in [-0.25, -0.2) is 4.79 Å². The van der Waals surface area contributed by atoms with E-state index < -0.39 is 12.6 Å². The second-order valence-electron chi connectivity index (χ2n) is 6.75. The molecule has 2 heterocycles. The summed E-state index contributed by atoms with van der Waals surface area (Å²) in [4.78, 5) is 51.5. The van der Waals surface area contributed by atoms with Crippen molar-refractivity contribution in [1.29, 1.82) is 0 Å². The molecule has 0 unspecified atom stereocenters. The molecule has 0 saturated carbocycles. The summed E-state index contributed by atoms with van der Waals surface area (Å²) in [6, 6.07) is 14.7. The number of ketones is 1. The van der Waals surface area contributed by atoms with Gasteiger partial charge >= 0.3 is 5.97 Å². The highest BCUT2D eigenvalue weighted by Gasteiger charge is 2.35. The van der Waals surface area contributed by atoms with E-state index in [1.54, 1.807) is 53.9 Å². The van der Waals surface area contributed by atoms with Crippen LogP contribution in [0.5, 0.6) is 5.75 Å². The lowest BCUT2D eigenvalue weighted by Gasteiger charge is -2.15. The molecule has 0 spiro atoms. The molecule has 4 rings (SSSR count). The Kier molecular flexibility index (Phi) is 5.64. The van der Waals surface area contributed by atoms with Crippen molar-refractivity contribution in [3.8, 4) is 5.75 Å². The van der Waals surface area contributed by atoms with Crippen molar-refractivity contribution >= 4 is 34.9 Å². The molecule has 0 fully saturated rings. The molecule has 3 aromatic rings. The van der Waals surface area contributed by atoms with Gasteiger partial charge in [-0.05, 0) is 41.3 Å². The van der Waals surface area contributed by atoms with E-state index in [4.69, 9.17) is 9.47 Å². The van der Waals surface area contributed by atoms with Crippen LogP contribution in [0.1, 0.15) is 46.3 Å². The van der Waals surface area contributed by atoms with Gasteiger partial charge in [0, 0.05) is 0 Å². The molecule has 0 N–H and O–H groups in total. The number of hydrogen-bond acceptors (Lipinski definition) is 7. The molecule has 0 bridgehead atoms. The first-order valence-electron chi connectivity index (χ1n) is 9.35. The molecular formula is C23H17NO6S. The maximum absolute atomic E-state index is 12.6. The number of methoxy groups -OCH3 is 1. The quantitative estimate of drug-likeness (QED) is 0.320. The van der Waals surface area contributed by atoms with Crippen LogP contribution >= 0.6 is 11.3 Å². The van der Waals surface area contributed by atoms with Crippen LogP contribution in [0.25, 0.3) is 0 Å². The Morgan fingerprint density at radius 1 is 0.968 bits per heavy atom. The summed E-state index contributed by atoms with van der Waals surface area (Å²) in [5, 5.41) is 1.76. The van der Waals surface area contributed by atoms with Crippen molar-refractivity contribution in [3.63, 3.8) is 0 Å². The van der Waals surface area contributed by atoms with Crippen molar-refractivity contribution in [3.05, 3.63) is 87.1 Å². The average Bonchev–Trinajstić information content (AvgIpc) is 3.41. The maximum atomic E-state index is 12.6. The molecule has 0 atom stereocenters. The van der Waals surface area contributed by atoms with Crippen molar-refractivity contribution < 1.29 is 28.7 Å². The minimum absolute atomic E-state index is 0.00918. The fourth-order valence-corrected chi connectivity index (χ4v) is 3.95. The van der Waals surface area contributed by atoms with Gasteiger partial charge in [0.25, 0.3) is 11.8 Å². The van der Waals surface area contributed by atoms with Gasteiger partial charge in [0.2, 0.25) is 5.78 Å². The zero-order valence-electron chi connectivity index (χ0n) is 16.5. The fraction of sp³-hybridized carbons (Fsp3) is 0.130. The first kappa shape index (κ1) is 20.5. The number of rotatable bonds is 7. The van der Waals surface area contributed by atoms with Crippen molar-refractivity contribution in [2.24, 2.45) is 0 Å². The van der Waals surface area contributed by atoms with E-state index in [-0.39, 0.29) is 35.5 Å². The van der Waals surface area contributed by atoms with Crippen LogP contribution in [0.15, 0.2) is 60.0 Å². The molecule has 2 amide bonds. The number of ether oxygens (including phenoxy) is 2. The van der Waals surface area contributed by atoms with Crippen LogP contribution in [0.3, 0.4) is 0 Å². The van der Waals surface area contributed by atoms with Crippen molar-refractivity contribution in [1.82, 2.24) is 4.90 Å². The first-order valence-corrected chi connectivity index (χ1v) is 10.2. The number of imide groups is 1. The van der Waals surface area contributed by atoms with Crippen LogP contribution in [-0.4, -0.2) is 42.2 Å². The third kappa shape index (κ3) is 3.97. The maximum Gasteiger partial charge on any atom is 0.342 e. The SMILES string of the molecule is COc1ccc(CN2C(=O)c3ccccc3C2=O)cc1C(=O)OCC(=O)c1cccs1. The summed E-state index contributed by atoms with van der Waals surface area (Å²) < 4.78 is 10.4. The van der Waals surface area contributed by atoms with Gasteiger partial charge in [0.15, 0.2) is 6.61 Å². The van der Waals surface area contributed by atoms with E-state index in [0.717, 1.165) is 4.90 Å². The van der Waals surface area contributed by atoms with Gasteiger partial charge in [-0.2, -0.15) is 0 Å². The predicted molar refractivity (Wildman–Crippen MR) is 113 cm³/mol. The minimum atomic E-state index is -0.731. The Hall–Kier alpha value is -3.78. The van der Waals surface area contributed by atoms with E-state index in [0.29, 0.717) is 21.6 Å². The highest BCUT2D eigenvalue weighted by Crippen LogP contribution is 2.27. The van der Waals surface area contributed by atoms with Crippen LogP contribution < -0.4 is 4.74 Å². The lowest BCUT2D eigenvalue weighted by Crippen LogP contribution is -2.29. The van der Waals surface area contributed by atoms with Crippen LogP contribution in [0.4, 0.5) is 0 Å². The molecule has 156 valence electrons. The number of fused-ring (bicyclic) bond motifs is 1. The van der Waals surface area contributed by atoms with Gasteiger partial charge in [-0.1, -0.05) is 24.3 Å². The Balaban J connectivity index is 1.51. The molecule has 1 aliphatic rings. The van der Waals surface area contributed by atoms with Gasteiger partial charge in [0.05, 0.1) is 29.7 Å². The number of Topliss-reactive ketones (excluding diaryl/α,β-unsaturated/α-hetero) is 1. The molecule has 0 saturated heterocycles. The number of hydrogen-bond donors (Lipinski definition) is 0. The standard InChI is InChI=1S/C23H17NO6S/c1-29-19-9-8-14(12-24-21(26)15-5-2-3-6-16(15)22(24)27)11-17(19)23(28)30-13-18(25)20-7-4-10-31-20/h2-11H,12-13H2,1H3. The topological polar surface area (TPSA) is 90.0 Å². The van der Waals surface area contributed by atoms with E-state index >= 15 is 0 Å². The summed E-state index contributed by atoms with van der Waals surface area (Å²) in [6.07, 6.45) is 0. The van der Waals surface area contributed by atoms with Crippen LogP contribution in [-0.2, 0) is 11.3 Å². The third-order valence-electron chi connectivity index (χ3n) is 4.83. The smallest absolute Gasteiger partial charge is 0.342 e. The summed E-state index contributed by atoms with van der Waals surface area (Å²) in [5.41, 5.74) is 1.36. The number of carbonyl (C=O) groups excluding carboxylic acids is 4. The monoisotopic (exact) mass is 435 g/mol. The van der Waals surface area contributed by atoms with Crippen molar-refractivity contribution in [2.75, 3.05) is 13.7 Å². The summed E-state index contributed by atoms with van der Waals surface area (Å²) in [6.45, 7) is -0.407. The normalized spacial score (nSPS) is 12.6. The van der Waals surface area contributed by atoms with Gasteiger partial charge in [0.1, 0.15) is 11.3 Å². The van der Waals surface area contributed by atoms with Gasteiger partial charge in [-0.15, -0.1) is 11.3 Å². The molecule has 1 aliphatic heterocycles. The summed E-state index contributed by atoms with van der Waals surface area (Å²) >= 11 is 1.27. The Morgan fingerprint density at radius 2 is 1.68 bits per heavy atom. The number of thiophene rings is 1. The Morgan fingerprint density at radius 3 is 2.29 bits per heavy atom. The molecule has 2 aromatic carbocycles. The first-order chi connectivity index (χ1) is 15.0. The van der Waals surface area contributed by atoms with Crippen molar-refractivity contribution in [2.45, 2.75) is 6.54 Å². The molecule has 1 aromatic heterocycles. The third-order valence-corrected chi connectivity index (χ3v) is 5.74. The predicted octanol–water partition coefficient (Wildman–Crippen LogP) is 3.59. The van der Waals surface area contributed by atoms with Gasteiger partial charge in [-0.3, -0.25) is 19.3 Å². The van der Waals surface area contributed by atoms with Crippen LogP contribution in [0, 0.1) is 0 Å². The summed E-state index contributed by atoms with van der Waals surface area (Å²) in [7, 11) is 1.41. The minimum Gasteiger partial charge on any atom is -0.496 e. The average molecular weight is 435 g/mol. The second kappa shape index (κ2) is 8.53. The highest BCUT2D eigenvalue weighted by molar-refractivity contribution is 7.12. The van der Waals surface area contributed by atoms with Crippen LogP contribution in [0.2, 0.25) is 0 Å². The van der Waals surface area contributed by atoms with Gasteiger partial charge < -0.3 is 9.47 Å². The highest BCUT2D eigenvalue weighted by atomic mass is 32.1. The zero-order chi connectivity index (χ0) is 22.0. The van der Waals surface area contributed by atoms with E-state index in [1.165, 1.54) is 24.5 Å². The number of amides is 2. The number of benzene rings is 2. The fourth-order valence-electron chi connectivity index (χ4n) is 3.30. The van der Waals surface area contributed by atoms with E-state index in [9.17, 15) is 19.2 Å². The second-order valence-corrected chi connectivity index (χ2v) is 7.70. The zero-order valence-corrected chi connectivity index (χ0v) is 17.3. The number of nitrogens with zero attached hydrogens (tertiary/aromatic N) is 1. The summed E-state index contributed by atoms with van der Waals surface area (Å²) in [5.74, 6) is -1.54.